The number of morpholine rings is 1. The zero-order valence-electron chi connectivity index (χ0n) is 12.4. The minimum atomic E-state index is -0.374. The highest BCUT2D eigenvalue weighted by atomic mass is 16.5. The van der Waals surface area contributed by atoms with Gasteiger partial charge >= 0.3 is 0 Å². The van der Waals surface area contributed by atoms with Crippen LogP contribution in [0.2, 0.25) is 0 Å². The Kier molecular flexibility index (Phi) is 3.71. The third-order valence-electron chi connectivity index (χ3n) is 3.13. The molecule has 0 saturated carbocycles. The molecular weight excluding hydrogens is 256 g/mol. The number of hydrazine groups is 1. The summed E-state index contributed by atoms with van der Waals surface area (Å²) in [5.41, 5.74) is 2.82. The highest BCUT2D eigenvalue weighted by Gasteiger charge is 2.40. The highest BCUT2D eigenvalue weighted by molar-refractivity contribution is 5.93. The first-order chi connectivity index (χ1) is 9.22. The molecule has 1 aromatic rings. The lowest BCUT2D eigenvalue weighted by atomic mass is 9.98. The van der Waals surface area contributed by atoms with Crippen molar-refractivity contribution in [3.8, 4) is 0 Å². The number of nitrogens with zero attached hydrogens (tertiary/aromatic N) is 2. The molecule has 6 heteroatoms. The average Bonchev–Trinajstić information content (AvgIpc) is 2.34. The highest BCUT2D eigenvalue weighted by Crippen LogP contribution is 2.28. The summed E-state index contributed by atoms with van der Waals surface area (Å²) in [6, 6.07) is 3.36. The van der Waals surface area contributed by atoms with Gasteiger partial charge < -0.3 is 15.1 Å². The minimum absolute atomic E-state index is 0.105. The molecule has 0 bridgehead atoms. The molecule has 1 aliphatic heterocycles. The largest absolute Gasteiger partial charge is 0.366 e. The molecule has 0 aliphatic carbocycles. The van der Waals surface area contributed by atoms with Crippen LogP contribution in [0.5, 0.6) is 0 Å². The quantitative estimate of drug-likeness (QED) is 0.631. The van der Waals surface area contributed by atoms with Gasteiger partial charge in [0, 0.05) is 19.3 Å². The summed E-state index contributed by atoms with van der Waals surface area (Å²) in [7, 11) is 0. The summed E-state index contributed by atoms with van der Waals surface area (Å²) in [6.45, 7) is 9.02. The minimum Gasteiger partial charge on any atom is -0.366 e. The van der Waals surface area contributed by atoms with Gasteiger partial charge in [0.2, 0.25) is 0 Å². The molecule has 3 N–H and O–H groups in total. The van der Waals surface area contributed by atoms with Gasteiger partial charge in [-0.3, -0.25) is 15.6 Å². The van der Waals surface area contributed by atoms with Crippen molar-refractivity contribution in [2.45, 2.75) is 38.9 Å². The average molecular weight is 278 g/mol. The van der Waals surface area contributed by atoms with E-state index in [1.165, 1.54) is 0 Å². The Hall–Kier alpha value is -1.66. The summed E-state index contributed by atoms with van der Waals surface area (Å²) < 4.78 is 5.98. The summed E-state index contributed by atoms with van der Waals surface area (Å²) >= 11 is 0. The van der Waals surface area contributed by atoms with Gasteiger partial charge in [-0.25, -0.2) is 0 Å². The van der Waals surface area contributed by atoms with Crippen LogP contribution in [0.25, 0.3) is 0 Å². The Labute approximate surface area is 119 Å². The summed E-state index contributed by atoms with van der Waals surface area (Å²) in [5, 5.41) is 0. The zero-order chi connectivity index (χ0) is 15.0. The molecule has 0 aromatic carbocycles. The van der Waals surface area contributed by atoms with Crippen LogP contribution in [0.15, 0.2) is 18.3 Å². The number of carbonyl (C=O) groups is 1. The molecule has 2 rings (SSSR count). The molecule has 0 spiro atoms. The summed E-state index contributed by atoms with van der Waals surface area (Å²) in [5.74, 6) is 5.26. The second kappa shape index (κ2) is 5.03. The molecular formula is C14H22N4O2. The van der Waals surface area contributed by atoms with Crippen molar-refractivity contribution in [2.24, 2.45) is 5.84 Å². The second-order valence-corrected chi connectivity index (χ2v) is 6.36. The maximum absolute atomic E-state index is 12.6. The summed E-state index contributed by atoms with van der Waals surface area (Å²) in [4.78, 5) is 18.5. The number of nitrogens with two attached hydrogens (primary N) is 1. The predicted octanol–water partition coefficient (Wildman–Crippen LogP) is 1.40. The van der Waals surface area contributed by atoms with Crippen molar-refractivity contribution in [3.05, 3.63) is 24.0 Å². The number of nitrogen functional groups attached to an aromatic ring is 1. The SMILES string of the molecule is CC1(C)CN(C(=O)c2cc(NN)ccn2)CC(C)(C)O1. The van der Waals surface area contributed by atoms with Crippen LogP contribution in [-0.4, -0.2) is 40.1 Å². The normalized spacial score (nSPS) is 20.6. The number of rotatable bonds is 2. The predicted molar refractivity (Wildman–Crippen MR) is 77.2 cm³/mol. The van der Waals surface area contributed by atoms with Gasteiger partial charge in [-0.1, -0.05) is 0 Å². The number of pyridine rings is 1. The van der Waals surface area contributed by atoms with E-state index in [4.69, 9.17) is 10.6 Å². The lowest BCUT2D eigenvalue weighted by molar-refractivity contribution is -0.171. The first-order valence-electron chi connectivity index (χ1n) is 6.65. The number of aromatic nitrogens is 1. The number of ether oxygens (including phenoxy) is 1. The van der Waals surface area contributed by atoms with Gasteiger partial charge in [0.05, 0.1) is 16.9 Å². The van der Waals surface area contributed by atoms with E-state index in [-0.39, 0.29) is 17.1 Å². The molecule has 1 fully saturated rings. The van der Waals surface area contributed by atoms with Crippen molar-refractivity contribution in [3.63, 3.8) is 0 Å². The van der Waals surface area contributed by atoms with Crippen LogP contribution in [0.1, 0.15) is 38.2 Å². The molecule has 1 aliphatic rings. The van der Waals surface area contributed by atoms with Gasteiger partial charge in [0.15, 0.2) is 0 Å². The Balaban J connectivity index is 2.23. The molecule has 1 saturated heterocycles. The van der Waals surface area contributed by atoms with Crippen molar-refractivity contribution in [1.82, 2.24) is 9.88 Å². The fraction of sp³-hybridized carbons (Fsp3) is 0.571. The van der Waals surface area contributed by atoms with Crippen molar-refractivity contribution < 1.29 is 9.53 Å². The van der Waals surface area contributed by atoms with Gasteiger partial charge in [-0.15, -0.1) is 0 Å². The number of nitrogens with one attached hydrogen (secondary N) is 1. The van der Waals surface area contributed by atoms with E-state index < -0.39 is 0 Å². The topological polar surface area (TPSA) is 80.5 Å². The maximum atomic E-state index is 12.6. The van der Waals surface area contributed by atoms with Gasteiger partial charge in [0.1, 0.15) is 5.69 Å². The summed E-state index contributed by atoms with van der Waals surface area (Å²) in [6.07, 6.45) is 1.57. The smallest absolute Gasteiger partial charge is 0.272 e. The first kappa shape index (κ1) is 14.7. The standard InChI is InChI=1S/C14H22N4O2/c1-13(2)8-18(9-14(3,4)20-13)12(19)11-7-10(17-15)5-6-16-11/h5-7H,8-9,15H2,1-4H3,(H,16,17). The lowest BCUT2D eigenvalue weighted by Crippen LogP contribution is -2.58. The van der Waals surface area contributed by atoms with Gasteiger partial charge in [0.25, 0.3) is 5.91 Å². The third kappa shape index (κ3) is 3.26. The number of hydrogen-bond acceptors (Lipinski definition) is 5. The molecule has 6 nitrogen and oxygen atoms in total. The molecule has 0 radical (unpaired) electrons. The lowest BCUT2D eigenvalue weighted by Gasteiger charge is -2.47. The number of carbonyl (C=O) groups excluding carboxylic acids is 1. The molecule has 0 unspecified atom stereocenters. The van der Waals surface area contributed by atoms with Gasteiger partial charge in [-0.05, 0) is 39.8 Å². The fourth-order valence-corrected chi connectivity index (χ4v) is 2.73. The van der Waals surface area contributed by atoms with E-state index in [9.17, 15) is 4.79 Å². The fourth-order valence-electron chi connectivity index (χ4n) is 2.73. The van der Waals surface area contributed by atoms with Crippen LogP contribution in [0, 0.1) is 0 Å². The van der Waals surface area contributed by atoms with Crippen molar-refractivity contribution >= 4 is 11.6 Å². The van der Waals surface area contributed by atoms with E-state index >= 15 is 0 Å². The van der Waals surface area contributed by atoms with E-state index in [0.717, 1.165) is 0 Å². The molecule has 0 atom stereocenters. The van der Waals surface area contributed by atoms with E-state index in [0.29, 0.717) is 24.5 Å². The number of hydrogen-bond donors (Lipinski definition) is 2. The Morgan fingerprint density at radius 2 is 1.95 bits per heavy atom. The number of amides is 1. The van der Waals surface area contributed by atoms with E-state index in [1.807, 2.05) is 27.7 Å². The maximum Gasteiger partial charge on any atom is 0.272 e. The second-order valence-electron chi connectivity index (χ2n) is 6.36. The zero-order valence-corrected chi connectivity index (χ0v) is 12.4. The Bertz CT molecular complexity index is 498. The molecule has 2 heterocycles. The number of anilines is 1. The Morgan fingerprint density at radius 3 is 2.50 bits per heavy atom. The Morgan fingerprint density at radius 1 is 1.35 bits per heavy atom. The monoisotopic (exact) mass is 278 g/mol. The van der Waals surface area contributed by atoms with Crippen LogP contribution >= 0.6 is 0 Å². The van der Waals surface area contributed by atoms with Crippen LogP contribution < -0.4 is 11.3 Å². The molecule has 110 valence electrons. The molecule has 1 amide bonds. The molecule has 1 aromatic heterocycles. The van der Waals surface area contributed by atoms with Crippen LogP contribution in [0.3, 0.4) is 0 Å². The van der Waals surface area contributed by atoms with Crippen LogP contribution in [0.4, 0.5) is 5.69 Å². The van der Waals surface area contributed by atoms with Gasteiger partial charge in [-0.2, -0.15) is 0 Å². The van der Waals surface area contributed by atoms with Crippen molar-refractivity contribution in [2.75, 3.05) is 18.5 Å². The van der Waals surface area contributed by atoms with Crippen LogP contribution in [-0.2, 0) is 4.74 Å². The van der Waals surface area contributed by atoms with E-state index in [1.54, 1.807) is 23.2 Å². The van der Waals surface area contributed by atoms with E-state index in [2.05, 4.69) is 10.4 Å². The first-order valence-corrected chi connectivity index (χ1v) is 6.65. The van der Waals surface area contributed by atoms with Crippen molar-refractivity contribution in [1.29, 1.82) is 0 Å². The third-order valence-corrected chi connectivity index (χ3v) is 3.13. The molecule has 20 heavy (non-hydrogen) atoms.